The van der Waals surface area contributed by atoms with Crippen molar-refractivity contribution in [3.8, 4) is 0 Å². The van der Waals surface area contributed by atoms with Gasteiger partial charge in [0, 0.05) is 50.8 Å². The lowest BCUT2D eigenvalue weighted by atomic mass is 9.84. The van der Waals surface area contributed by atoms with E-state index in [4.69, 9.17) is 0 Å². The molecule has 0 radical (unpaired) electrons. The van der Waals surface area contributed by atoms with E-state index < -0.39 is 31.1 Å². The molecule has 2 aromatic heterocycles. The number of fused-ring (bicyclic) bond motifs is 2. The Labute approximate surface area is 274 Å². The maximum absolute atomic E-state index is 12.5. The fourth-order valence-corrected chi connectivity index (χ4v) is 9.48. The molecule has 1 saturated carbocycles. The van der Waals surface area contributed by atoms with Gasteiger partial charge in [0.2, 0.25) is 20.0 Å². The van der Waals surface area contributed by atoms with E-state index in [9.17, 15) is 16.8 Å². The molecule has 0 atom stereocenters. The van der Waals surface area contributed by atoms with E-state index in [2.05, 4.69) is 31.7 Å². The van der Waals surface area contributed by atoms with Crippen molar-refractivity contribution in [2.24, 2.45) is 0 Å². The van der Waals surface area contributed by atoms with Gasteiger partial charge in [-0.15, -0.1) is 0 Å². The molecule has 0 amide bonds. The number of aromatic nitrogens is 2. The van der Waals surface area contributed by atoms with Crippen LogP contribution in [0.1, 0.15) is 116 Å². The number of H-pyrrole nitrogens is 2. The highest BCUT2D eigenvalue weighted by Gasteiger charge is 2.25. The number of hydrogen-bond donors (Lipinski definition) is 4. The van der Waals surface area contributed by atoms with E-state index in [0.717, 1.165) is 34.6 Å². The molecule has 2 aliphatic rings. The van der Waals surface area contributed by atoms with E-state index in [1.807, 2.05) is 59.9 Å². The van der Waals surface area contributed by atoms with Crippen molar-refractivity contribution in [2.45, 2.75) is 126 Å². The molecule has 2 heterocycles. The average Bonchev–Trinajstić information content (AvgIpc) is 3.60. The first-order valence-corrected chi connectivity index (χ1v) is 19.5. The molecule has 10 heteroatoms. The van der Waals surface area contributed by atoms with Crippen LogP contribution < -0.4 is 9.44 Å². The normalized spacial score (nSPS) is 17.1. The van der Waals surface area contributed by atoms with Crippen molar-refractivity contribution in [3.63, 3.8) is 0 Å². The number of allylic oxidation sites excluding steroid dienone is 2. The molecule has 6 rings (SSSR count). The smallest absolute Gasteiger partial charge is 0.241 e. The summed E-state index contributed by atoms with van der Waals surface area (Å²) in [6.07, 6.45) is 17.5. The van der Waals surface area contributed by atoms with Crippen LogP contribution in [0.25, 0.3) is 27.4 Å². The molecule has 2 aliphatic carbocycles. The van der Waals surface area contributed by atoms with Crippen molar-refractivity contribution in [1.82, 2.24) is 19.4 Å². The van der Waals surface area contributed by atoms with Crippen LogP contribution in [0.3, 0.4) is 0 Å². The van der Waals surface area contributed by atoms with Crippen LogP contribution in [0.4, 0.5) is 0 Å². The van der Waals surface area contributed by atoms with Gasteiger partial charge in [0.05, 0.1) is 9.79 Å². The second-order valence-corrected chi connectivity index (χ2v) is 18.2. The van der Waals surface area contributed by atoms with Gasteiger partial charge in [-0.25, -0.2) is 26.3 Å². The van der Waals surface area contributed by atoms with Gasteiger partial charge in [0.15, 0.2) is 0 Å². The number of hydrogen-bond acceptors (Lipinski definition) is 4. The number of nitrogens with one attached hydrogen (secondary N) is 4. The first-order valence-electron chi connectivity index (χ1n) is 16.5. The molecular weight excluding hydrogens is 617 g/mol. The van der Waals surface area contributed by atoms with Crippen LogP contribution in [-0.2, 0) is 20.0 Å². The Morgan fingerprint density at radius 1 is 0.674 bits per heavy atom. The fourth-order valence-electron chi connectivity index (χ4n) is 6.59. The molecule has 0 saturated heterocycles. The monoisotopic (exact) mass is 666 g/mol. The Morgan fingerprint density at radius 2 is 1.22 bits per heavy atom. The summed E-state index contributed by atoms with van der Waals surface area (Å²) in [5.74, 6) is 0.604. The molecule has 0 unspecified atom stereocenters. The highest BCUT2D eigenvalue weighted by Crippen LogP contribution is 2.37. The first kappa shape index (κ1) is 34.4. The maximum atomic E-state index is 12.5. The van der Waals surface area contributed by atoms with Gasteiger partial charge in [0.1, 0.15) is 0 Å². The molecule has 4 N–H and O–H groups in total. The standard InChI is InChI=1S/C18H26N2O2S.C18H24N2O2S/c2*1-18(2,3)20-23(21,22)14-9-10-15-16(12-19-17(15)11-14)13-7-5-4-6-8-13/h9-13,19-20H,4-8H2,1-3H3;7,9-12,19-20H,4-6,8H2,1-3H3. The fraction of sp³-hybridized carbons (Fsp3) is 0.500. The van der Waals surface area contributed by atoms with E-state index in [1.54, 1.807) is 24.3 Å². The molecule has 46 heavy (non-hydrogen) atoms. The van der Waals surface area contributed by atoms with Gasteiger partial charge >= 0.3 is 0 Å². The molecule has 0 spiro atoms. The zero-order valence-electron chi connectivity index (χ0n) is 28.1. The zero-order valence-corrected chi connectivity index (χ0v) is 29.7. The van der Waals surface area contributed by atoms with Crippen LogP contribution in [0, 0.1) is 0 Å². The van der Waals surface area contributed by atoms with Gasteiger partial charge in [-0.2, -0.15) is 0 Å². The number of benzene rings is 2. The molecule has 1 fully saturated rings. The Kier molecular flexibility index (Phi) is 9.95. The van der Waals surface area contributed by atoms with E-state index >= 15 is 0 Å². The maximum Gasteiger partial charge on any atom is 0.241 e. The zero-order chi connectivity index (χ0) is 33.3. The summed E-state index contributed by atoms with van der Waals surface area (Å²) < 4.78 is 55.3. The molecule has 8 nitrogen and oxygen atoms in total. The summed E-state index contributed by atoms with van der Waals surface area (Å²) in [7, 11) is -7.00. The minimum Gasteiger partial charge on any atom is -0.361 e. The Balaban J connectivity index is 0.000000181. The van der Waals surface area contributed by atoms with E-state index in [1.165, 1.54) is 61.6 Å². The van der Waals surface area contributed by atoms with Gasteiger partial charge in [-0.05, 0) is 121 Å². The van der Waals surface area contributed by atoms with E-state index in [0.29, 0.717) is 15.7 Å². The van der Waals surface area contributed by atoms with Crippen LogP contribution in [0.2, 0.25) is 0 Å². The Bertz CT molecular complexity index is 1930. The second kappa shape index (κ2) is 13.3. The third kappa shape index (κ3) is 8.32. The molecule has 250 valence electrons. The van der Waals surface area contributed by atoms with Crippen LogP contribution in [-0.4, -0.2) is 37.9 Å². The quantitative estimate of drug-likeness (QED) is 0.165. The lowest BCUT2D eigenvalue weighted by Gasteiger charge is -2.21. The lowest BCUT2D eigenvalue weighted by Crippen LogP contribution is -2.40. The minimum absolute atomic E-state index is 0.297. The lowest BCUT2D eigenvalue weighted by molar-refractivity contribution is 0.445. The summed E-state index contributed by atoms with van der Waals surface area (Å²) in [6, 6.07) is 10.7. The summed E-state index contributed by atoms with van der Waals surface area (Å²) >= 11 is 0. The predicted molar refractivity (Wildman–Crippen MR) is 189 cm³/mol. The number of sulfonamides is 2. The first-order chi connectivity index (χ1) is 21.5. The largest absolute Gasteiger partial charge is 0.361 e. The highest BCUT2D eigenvalue weighted by atomic mass is 32.2. The predicted octanol–water partition coefficient (Wildman–Crippen LogP) is 8.49. The highest BCUT2D eigenvalue weighted by molar-refractivity contribution is 7.89. The van der Waals surface area contributed by atoms with Crippen LogP contribution in [0.15, 0.2) is 64.7 Å². The summed E-state index contributed by atoms with van der Waals surface area (Å²) in [5, 5.41) is 2.25. The molecule has 4 aromatic rings. The number of aromatic amines is 2. The van der Waals surface area contributed by atoms with Gasteiger partial charge in [0.25, 0.3) is 0 Å². The second-order valence-electron chi connectivity index (χ2n) is 14.9. The minimum atomic E-state index is -3.51. The molecule has 0 aliphatic heterocycles. The molecule has 0 bridgehead atoms. The average molecular weight is 667 g/mol. The van der Waals surface area contributed by atoms with Gasteiger partial charge in [-0.3, -0.25) is 0 Å². The van der Waals surface area contributed by atoms with Crippen molar-refractivity contribution in [3.05, 3.63) is 66.0 Å². The van der Waals surface area contributed by atoms with Crippen molar-refractivity contribution >= 4 is 47.4 Å². The topological polar surface area (TPSA) is 124 Å². The Hall–Kier alpha value is -2.92. The van der Waals surface area contributed by atoms with Gasteiger partial charge in [-0.1, -0.05) is 37.5 Å². The molecule has 2 aromatic carbocycles. The van der Waals surface area contributed by atoms with Crippen LogP contribution >= 0.6 is 0 Å². The van der Waals surface area contributed by atoms with Crippen molar-refractivity contribution in [2.75, 3.05) is 0 Å². The summed E-state index contributed by atoms with van der Waals surface area (Å²) in [5.41, 5.74) is 4.69. The van der Waals surface area contributed by atoms with Crippen LogP contribution in [0.5, 0.6) is 0 Å². The van der Waals surface area contributed by atoms with Gasteiger partial charge < -0.3 is 9.97 Å². The molecular formula is C36H50N4O4S2. The van der Waals surface area contributed by atoms with Crippen molar-refractivity contribution in [1.29, 1.82) is 0 Å². The third-order valence-electron chi connectivity index (χ3n) is 8.52. The Morgan fingerprint density at radius 3 is 1.76 bits per heavy atom. The van der Waals surface area contributed by atoms with E-state index in [-0.39, 0.29) is 0 Å². The third-order valence-corrected chi connectivity index (χ3v) is 12.0. The summed E-state index contributed by atoms with van der Waals surface area (Å²) in [6.45, 7) is 11.1. The number of rotatable bonds is 6. The summed E-state index contributed by atoms with van der Waals surface area (Å²) in [4.78, 5) is 7.11. The SMILES string of the molecule is CC(C)(C)NS(=O)(=O)c1ccc2c(C3=CCCCC3)c[nH]c2c1.CC(C)(C)NS(=O)(=O)c1ccc2c(C3CCCCC3)c[nH]c2c1. The van der Waals surface area contributed by atoms with Crippen molar-refractivity contribution < 1.29 is 16.8 Å².